The van der Waals surface area contributed by atoms with Gasteiger partial charge in [-0.05, 0) is 99.0 Å². The highest BCUT2D eigenvalue weighted by Gasteiger charge is 2.47. The molecular formula is C44H31N3S. The van der Waals surface area contributed by atoms with Gasteiger partial charge in [0, 0.05) is 29.3 Å². The van der Waals surface area contributed by atoms with Crippen molar-refractivity contribution in [1.82, 2.24) is 14.4 Å². The van der Waals surface area contributed by atoms with Crippen molar-refractivity contribution in [3.8, 4) is 33.4 Å². The Bertz CT molecular complexity index is 2400. The number of rotatable bonds is 4. The number of pyridine rings is 2. The van der Waals surface area contributed by atoms with Crippen LogP contribution in [0.25, 0.3) is 39.0 Å². The highest BCUT2D eigenvalue weighted by atomic mass is 32.2. The fourth-order valence-electron chi connectivity index (χ4n) is 8.29. The molecule has 3 nitrogen and oxygen atoms in total. The standard InChI is InChI=1S/C44H31N3S/c1-43-23-9-8-14-37(43)41-42(48-43)47-28-32(17-20-40(47)46-41)31-16-19-36-35-18-15-30(29-21-24-45-25-22-29)26-38(35)44(39(36)27-31,33-10-4-2-5-11-33)34-12-6-3-7-13-34/h2-28,37H,1H3/t37?,43-/m1/s1. The van der Waals surface area contributed by atoms with Gasteiger partial charge in [-0.15, -0.1) is 0 Å². The largest absolute Gasteiger partial charge is 0.294 e. The van der Waals surface area contributed by atoms with Crippen molar-refractivity contribution >= 4 is 17.4 Å². The fraction of sp³-hybridized carbons (Fsp3) is 0.0909. The summed E-state index contributed by atoms with van der Waals surface area (Å²) in [6.45, 7) is 2.32. The third kappa shape index (κ3) is 3.84. The second-order valence-electron chi connectivity index (χ2n) is 13.2. The van der Waals surface area contributed by atoms with Crippen LogP contribution in [-0.4, -0.2) is 19.1 Å². The Balaban J connectivity index is 1.20. The van der Waals surface area contributed by atoms with Crippen molar-refractivity contribution in [3.63, 3.8) is 0 Å². The van der Waals surface area contributed by atoms with Gasteiger partial charge in [0.25, 0.3) is 0 Å². The maximum absolute atomic E-state index is 5.13. The zero-order valence-electron chi connectivity index (χ0n) is 26.4. The summed E-state index contributed by atoms with van der Waals surface area (Å²) in [4.78, 5) is 9.41. The second-order valence-corrected chi connectivity index (χ2v) is 14.7. The van der Waals surface area contributed by atoms with Crippen LogP contribution < -0.4 is 0 Å². The predicted octanol–water partition coefficient (Wildman–Crippen LogP) is 10.5. The van der Waals surface area contributed by atoms with E-state index < -0.39 is 5.41 Å². The van der Waals surface area contributed by atoms with E-state index in [0.717, 1.165) is 11.2 Å². The minimum absolute atomic E-state index is 0.00302. The molecule has 0 bridgehead atoms. The topological polar surface area (TPSA) is 30.2 Å². The third-order valence-electron chi connectivity index (χ3n) is 10.6. The van der Waals surface area contributed by atoms with E-state index in [1.807, 2.05) is 24.2 Å². The molecule has 0 saturated heterocycles. The van der Waals surface area contributed by atoms with Gasteiger partial charge in [0.1, 0.15) is 10.7 Å². The maximum Gasteiger partial charge on any atom is 0.137 e. The smallest absolute Gasteiger partial charge is 0.137 e. The first-order valence-electron chi connectivity index (χ1n) is 16.5. The van der Waals surface area contributed by atoms with Gasteiger partial charge in [0.2, 0.25) is 0 Å². The van der Waals surface area contributed by atoms with Gasteiger partial charge in [0.05, 0.1) is 11.1 Å². The lowest BCUT2D eigenvalue weighted by molar-refractivity contribution is 0.687. The van der Waals surface area contributed by atoms with Crippen molar-refractivity contribution in [2.45, 2.75) is 28.0 Å². The Labute approximate surface area is 284 Å². The molecule has 1 unspecified atom stereocenters. The van der Waals surface area contributed by atoms with E-state index >= 15 is 0 Å². The Kier molecular flexibility index (Phi) is 5.92. The molecule has 0 amide bonds. The van der Waals surface area contributed by atoms with E-state index in [9.17, 15) is 0 Å². The van der Waals surface area contributed by atoms with E-state index in [-0.39, 0.29) is 4.75 Å². The monoisotopic (exact) mass is 633 g/mol. The molecule has 0 saturated carbocycles. The Hall–Kier alpha value is -5.45. The lowest BCUT2D eigenvalue weighted by Gasteiger charge is -2.34. The van der Waals surface area contributed by atoms with Crippen molar-refractivity contribution in [3.05, 3.63) is 192 Å². The fourth-order valence-corrected chi connectivity index (χ4v) is 9.70. The molecule has 4 heterocycles. The van der Waals surface area contributed by atoms with E-state index in [2.05, 4.69) is 168 Å². The molecule has 4 aromatic carbocycles. The van der Waals surface area contributed by atoms with Crippen LogP contribution >= 0.6 is 11.8 Å². The van der Waals surface area contributed by atoms with Gasteiger partial charge in [-0.1, -0.05) is 121 Å². The van der Waals surface area contributed by atoms with Crippen LogP contribution in [0.4, 0.5) is 0 Å². The predicted molar refractivity (Wildman–Crippen MR) is 196 cm³/mol. The van der Waals surface area contributed by atoms with Gasteiger partial charge in [-0.25, -0.2) is 4.98 Å². The summed E-state index contributed by atoms with van der Waals surface area (Å²) >= 11 is 1.93. The first kappa shape index (κ1) is 27.6. The van der Waals surface area contributed by atoms with E-state index in [0.29, 0.717) is 5.92 Å². The van der Waals surface area contributed by atoms with E-state index in [1.54, 1.807) is 0 Å². The summed E-state index contributed by atoms with van der Waals surface area (Å²) in [6, 6.07) is 44.7. The molecule has 1 aliphatic heterocycles. The number of hydrogen-bond acceptors (Lipinski definition) is 3. The molecule has 10 rings (SSSR count). The summed E-state index contributed by atoms with van der Waals surface area (Å²) in [5, 5.41) is 1.25. The van der Waals surface area contributed by atoms with Crippen LogP contribution in [0, 0.1) is 0 Å². The van der Waals surface area contributed by atoms with Gasteiger partial charge >= 0.3 is 0 Å². The third-order valence-corrected chi connectivity index (χ3v) is 12.0. The van der Waals surface area contributed by atoms with Crippen molar-refractivity contribution in [2.75, 3.05) is 0 Å². The van der Waals surface area contributed by atoms with Gasteiger partial charge in [-0.2, -0.15) is 0 Å². The number of nitrogens with zero attached hydrogens (tertiary/aromatic N) is 3. The molecule has 3 aliphatic rings. The summed E-state index contributed by atoms with van der Waals surface area (Å²) in [5.41, 5.74) is 14.1. The van der Waals surface area contributed by atoms with Crippen molar-refractivity contribution in [1.29, 1.82) is 0 Å². The summed E-state index contributed by atoms with van der Waals surface area (Å²) in [6.07, 6.45) is 15.0. The minimum atomic E-state index is -0.495. The van der Waals surface area contributed by atoms with Crippen molar-refractivity contribution < 1.29 is 0 Å². The van der Waals surface area contributed by atoms with Crippen LogP contribution in [-0.2, 0) is 5.41 Å². The SMILES string of the molecule is C[C@@]12C=CC=CC1c1nc3ccc(-c4ccc5c(c4)C(c4ccccc4)(c4ccccc4)c4cc(-c6ccncc6)ccc4-5)cn3c1S2. The van der Waals surface area contributed by atoms with E-state index in [4.69, 9.17) is 4.98 Å². The van der Waals surface area contributed by atoms with Crippen LogP contribution in [0.2, 0.25) is 0 Å². The average molecular weight is 634 g/mol. The minimum Gasteiger partial charge on any atom is -0.294 e. The van der Waals surface area contributed by atoms with Crippen LogP contribution in [0.1, 0.15) is 40.8 Å². The molecule has 3 aromatic heterocycles. The van der Waals surface area contributed by atoms with Crippen LogP contribution in [0.15, 0.2) is 169 Å². The van der Waals surface area contributed by atoms with E-state index in [1.165, 1.54) is 60.8 Å². The van der Waals surface area contributed by atoms with Gasteiger partial charge in [-0.3, -0.25) is 9.38 Å². The lowest BCUT2D eigenvalue weighted by atomic mass is 9.67. The Morgan fingerprint density at radius 1 is 0.646 bits per heavy atom. The molecule has 48 heavy (non-hydrogen) atoms. The number of hydrogen-bond donors (Lipinski definition) is 0. The Morgan fingerprint density at radius 3 is 1.94 bits per heavy atom. The second kappa shape index (κ2) is 10.3. The highest BCUT2D eigenvalue weighted by molar-refractivity contribution is 8.01. The summed E-state index contributed by atoms with van der Waals surface area (Å²) in [7, 11) is 0. The summed E-state index contributed by atoms with van der Waals surface area (Å²) in [5.74, 6) is 0.291. The number of aromatic nitrogens is 3. The molecule has 2 atom stereocenters. The molecule has 228 valence electrons. The lowest BCUT2D eigenvalue weighted by Crippen LogP contribution is -2.28. The zero-order chi connectivity index (χ0) is 31.9. The Morgan fingerprint density at radius 2 is 1.27 bits per heavy atom. The molecule has 0 radical (unpaired) electrons. The maximum atomic E-state index is 5.13. The first-order chi connectivity index (χ1) is 23.6. The highest BCUT2D eigenvalue weighted by Crippen LogP contribution is 2.58. The average Bonchev–Trinajstić information content (AvgIpc) is 3.75. The molecule has 7 aromatic rings. The van der Waals surface area contributed by atoms with Crippen LogP contribution in [0.5, 0.6) is 0 Å². The van der Waals surface area contributed by atoms with Crippen molar-refractivity contribution in [2.24, 2.45) is 0 Å². The molecule has 0 N–H and O–H groups in total. The number of imidazole rings is 1. The molecule has 4 heteroatoms. The van der Waals surface area contributed by atoms with Crippen LogP contribution in [0.3, 0.4) is 0 Å². The molecule has 0 spiro atoms. The van der Waals surface area contributed by atoms with Gasteiger partial charge in [0.15, 0.2) is 0 Å². The quantitative estimate of drug-likeness (QED) is 0.193. The zero-order valence-corrected chi connectivity index (χ0v) is 27.2. The first-order valence-corrected chi connectivity index (χ1v) is 17.3. The number of allylic oxidation sites excluding steroid dienone is 3. The molecular weight excluding hydrogens is 603 g/mol. The molecule has 0 fully saturated rings. The molecule has 2 aliphatic carbocycles. The number of benzene rings is 4. The summed E-state index contributed by atoms with van der Waals surface area (Å²) < 4.78 is 2.31. The number of fused-ring (bicyclic) bond motifs is 8. The normalized spacial score (nSPS) is 19.6. The van der Waals surface area contributed by atoms with Gasteiger partial charge < -0.3 is 0 Å². The number of thioether (sulfide) groups is 1.